The summed E-state index contributed by atoms with van der Waals surface area (Å²) in [5, 5.41) is 9.20. The van der Waals surface area contributed by atoms with E-state index in [0.717, 1.165) is 43.4 Å². The Morgan fingerprint density at radius 1 is 1.13 bits per heavy atom. The van der Waals surface area contributed by atoms with Gasteiger partial charge in [-0.15, -0.1) is 5.06 Å². The first-order valence-electron chi connectivity index (χ1n) is 11.4. The first kappa shape index (κ1) is 21.2. The smallest absolute Gasteiger partial charge is 0.388 e. The molecule has 164 valence electrons. The molecule has 1 aromatic rings. The van der Waals surface area contributed by atoms with Crippen LogP contribution in [-0.4, -0.2) is 41.6 Å². The molecular weight excluding hydrogens is 378 g/mol. The largest absolute Gasteiger partial charge is 0.426 e. The molecule has 3 aliphatic rings. The molecule has 4 rings (SSSR count). The third-order valence-electron chi connectivity index (χ3n) is 6.70. The SMILES string of the molecule is CC(C)(C)c1ccc(C2=NOC3(CCN(OC(=O)NC4CCCCC4)CC3)C2)cc1. The van der Waals surface area contributed by atoms with E-state index in [1.807, 2.05) is 0 Å². The number of carbonyl (C=O) groups is 1. The van der Waals surface area contributed by atoms with Crippen molar-refractivity contribution in [3.05, 3.63) is 35.4 Å². The first-order chi connectivity index (χ1) is 14.3. The Hall–Kier alpha value is -2.08. The highest BCUT2D eigenvalue weighted by molar-refractivity contribution is 6.01. The van der Waals surface area contributed by atoms with E-state index >= 15 is 0 Å². The lowest BCUT2D eigenvalue weighted by Gasteiger charge is -2.36. The van der Waals surface area contributed by atoms with E-state index in [1.54, 1.807) is 5.06 Å². The maximum atomic E-state index is 12.2. The first-order valence-corrected chi connectivity index (χ1v) is 11.4. The van der Waals surface area contributed by atoms with Crippen molar-refractivity contribution in [2.75, 3.05) is 13.1 Å². The van der Waals surface area contributed by atoms with Gasteiger partial charge in [0.05, 0.1) is 5.71 Å². The number of rotatable bonds is 3. The molecule has 1 saturated carbocycles. The van der Waals surface area contributed by atoms with Crippen molar-refractivity contribution < 1.29 is 14.5 Å². The fourth-order valence-corrected chi connectivity index (χ4v) is 4.65. The van der Waals surface area contributed by atoms with Gasteiger partial charge in [0.15, 0.2) is 0 Å². The summed E-state index contributed by atoms with van der Waals surface area (Å²) >= 11 is 0. The van der Waals surface area contributed by atoms with Gasteiger partial charge in [0.25, 0.3) is 0 Å². The molecule has 2 aliphatic heterocycles. The number of piperidine rings is 1. The van der Waals surface area contributed by atoms with Crippen molar-refractivity contribution in [1.29, 1.82) is 0 Å². The van der Waals surface area contributed by atoms with E-state index < -0.39 is 0 Å². The minimum atomic E-state index is -0.318. The Kier molecular flexibility index (Phi) is 6.05. The summed E-state index contributed by atoms with van der Waals surface area (Å²) < 4.78 is 0. The minimum Gasteiger partial charge on any atom is -0.388 e. The predicted octanol–water partition coefficient (Wildman–Crippen LogP) is 4.92. The maximum absolute atomic E-state index is 12.2. The second-order valence-corrected chi connectivity index (χ2v) is 10.1. The molecule has 0 atom stereocenters. The molecule has 1 aliphatic carbocycles. The van der Waals surface area contributed by atoms with E-state index in [-0.39, 0.29) is 23.2 Å². The molecular formula is C24H35N3O3. The van der Waals surface area contributed by atoms with Gasteiger partial charge in [0.1, 0.15) is 5.60 Å². The third-order valence-corrected chi connectivity index (χ3v) is 6.70. The Bertz CT molecular complexity index is 768. The highest BCUT2D eigenvalue weighted by Crippen LogP contribution is 2.36. The quantitative estimate of drug-likeness (QED) is 0.764. The summed E-state index contributed by atoms with van der Waals surface area (Å²) in [4.78, 5) is 23.7. The second kappa shape index (κ2) is 8.58. The molecule has 1 spiro atoms. The monoisotopic (exact) mass is 413 g/mol. The lowest BCUT2D eigenvalue weighted by molar-refractivity contribution is -0.158. The van der Waals surface area contributed by atoms with Crippen molar-refractivity contribution in [3.63, 3.8) is 0 Å². The average molecular weight is 414 g/mol. The van der Waals surface area contributed by atoms with Crippen LogP contribution in [0.15, 0.2) is 29.4 Å². The van der Waals surface area contributed by atoms with Crippen LogP contribution in [0.25, 0.3) is 0 Å². The molecule has 0 aromatic heterocycles. The summed E-state index contributed by atoms with van der Waals surface area (Å²) in [5.74, 6) is 0. The zero-order valence-electron chi connectivity index (χ0n) is 18.6. The molecule has 0 radical (unpaired) electrons. The summed E-state index contributed by atoms with van der Waals surface area (Å²) in [6, 6.07) is 8.93. The summed E-state index contributed by atoms with van der Waals surface area (Å²) in [7, 11) is 0. The number of nitrogens with zero attached hydrogens (tertiary/aromatic N) is 2. The fourth-order valence-electron chi connectivity index (χ4n) is 4.65. The summed E-state index contributed by atoms with van der Waals surface area (Å²) in [6.07, 6.45) is 7.86. The van der Waals surface area contributed by atoms with Crippen molar-refractivity contribution in [1.82, 2.24) is 10.4 Å². The molecule has 2 fully saturated rings. The van der Waals surface area contributed by atoms with Gasteiger partial charge in [-0.3, -0.25) is 0 Å². The highest BCUT2D eigenvalue weighted by Gasteiger charge is 2.43. The van der Waals surface area contributed by atoms with Crippen LogP contribution in [0.2, 0.25) is 0 Å². The normalized spacial score (nSPS) is 22.4. The van der Waals surface area contributed by atoms with Gasteiger partial charge in [0, 0.05) is 38.4 Å². The van der Waals surface area contributed by atoms with Crippen LogP contribution in [0, 0.1) is 0 Å². The van der Waals surface area contributed by atoms with Gasteiger partial charge in [-0.05, 0) is 29.4 Å². The second-order valence-electron chi connectivity index (χ2n) is 10.1. The number of amides is 1. The number of benzene rings is 1. The Balaban J connectivity index is 1.25. The fraction of sp³-hybridized carbons (Fsp3) is 0.667. The van der Waals surface area contributed by atoms with Crippen LogP contribution in [0.3, 0.4) is 0 Å². The number of hydrogen-bond acceptors (Lipinski definition) is 5. The molecule has 1 amide bonds. The maximum Gasteiger partial charge on any atom is 0.426 e. The predicted molar refractivity (Wildman–Crippen MR) is 117 cm³/mol. The van der Waals surface area contributed by atoms with Crippen LogP contribution in [0.5, 0.6) is 0 Å². The number of hydroxylamine groups is 2. The molecule has 1 saturated heterocycles. The van der Waals surface area contributed by atoms with Crippen molar-refractivity contribution in [2.24, 2.45) is 5.16 Å². The van der Waals surface area contributed by atoms with Gasteiger partial charge in [0.2, 0.25) is 0 Å². The standard InChI is InChI=1S/C24H35N3O3/c1-23(2,3)19-11-9-18(10-12-19)21-17-24(30-26-21)13-15-27(16-14-24)29-22(28)25-20-7-5-4-6-8-20/h9-12,20H,4-8,13-17H2,1-3H3,(H,25,28). The lowest BCUT2D eigenvalue weighted by atomic mass is 9.84. The van der Waals surface area contributed by atoms with E-state index in [1.165, 1.54) is 24.8 Å². The lowest BCUT2D eigenvalue weighted by Crippen LogP contribution is -2.47. The van der Waals surface area contributed by atoms with Gasteiger partial charge in [-0.1, -0.05) is 69.5 Å². The minimum absolute atomic E-state index is 0.143. The molecule has 30 heavy (non-hydrogen) atoms. The van der Waals surface area contributed by atoms with Gasteiger partial charge in [-0.2, -0.15) is 0 Å². The van der Waals surface area contributed by atoms with Gasteiger partial charge in [-0.25, -0.2) is 4.79 Å². The Morgan fingerprint density at radius 3 is 2.43 bits per heavy atom. The molecule has 2 heterocycles. The molecule has 1 N–H and O–H groups in total. The van der Waals surface area contributed by atoms with Gasteiger partial charge >= 0.3 is 6.09 Å². The van der Waals surface area contributed by atoms with Crippen molar-refractivity contribution in [3.8, 4) is 0 Å². The molecule has 6 heteroatoms. The molecule has 0 unspecified atom stereocenters. The van der Waals surface area contributed by atoms with Crippen LogP contribution in [0.4, 0.5) is 4.79 Å². The zero-order chi connectivity index (χ0) is 21.2. The van der Waals surface area contributed by atoms with Gasteiger partial charge < -0.3 is 15.0 Å². The summed E-state index contributed by atoms with van der Waals surface area (Å²) in [6.45, 7) is 8.00. The Labute approximate surface area is 179 Å². The van der Waals surface area contributed by atoms with E-state index in [4.69, 9.17) is 9.68 Å². The zero-order valence-corrected chi connectivity index (χ0v) is 18.6. The summed E-state index contributed by atoms with van der Waals surface area (Å²) in [5.41, 5.74) is 3.34. The average Bonchev–Trinajstić information content (AvgIpc) is 3.14. The van der Waals surface area contributed by atoms with E-state index in [2.05, 4.69) is 55.5 Å². The van der Waals surface area contributed by atoms with Crippen molar-refractivity contribution in [2.45, 2.75) is 89.2 Å². The van der Waals surface area contributed by atoms with Crippen molar-refractivity contribution >= 4 is 11.8 Å². The van der Waals surface area contributed by atoms with Crippen LogP contribution >= 0.6 is 0 Å². The van der Waals surface area contributed by atoms with E-state index in [0.29, 0.717) is 13.1 Å². The van der Waals surface area contributed by atoms with Crippen LogP contribution in [-0.2, 0) is 15.1 Å². The molecule has 0 bridgehead atoms. The number of oxime groups is 1. The molecule has 6 nitrogen and oxygen atoms in total. The topological polar surface area (TPSA) is 63.2 Å². The molecule has 1 aromatic carbocycles. The van der Waals surface area contributed by atoms with E-state index in [9.17, 15) is 4.79 Å². The van der Waals surface area contributed by atoms with Crippen LogP contribution in [0.1, 0.15) is 83.3 Å². The Morgan fingerprint density at radius 2 is 1.80 bits per heavy atom. The third kappa shape index (κ3) is 4.97. The number of nitrogens with one attached hydrogen (secondary N) is 1. The van der Waals surface area contributed by atoms with Crippen LogP contribution < -0.4 is 5.32 Å². The number of hydrogen-bond donors (Lipinski definition) is 1. The highest BCUT2D eigenvalue weighted by atomic mass is 16.7. The number of carbonyl (C=O) groups excluding carboxylic acids is 1.